The molecule has 0 bridgehead atoms. The van der Waals surface area contributed by atoms with Gasteiger partial charge < -0.3 is 0 Å². The number of nitro benzene ring substituents is 2. The van der Waals surface area contributed by atoms with Gasteiger partial charge in [-0.05, 0) is 23.8 Å². The maximum Gasteiger partial charge on any atom is 0.285 e. The van der Waals surface area contributed by atoms with E-state index in [9.17, 15) is 28.6 Å². The highest BCUT2D eigenvalue weighted by Crippen LogP contribution is 2.30. The first-order valence-corrected chi connectivity index (χ1v) is 8.79. The molecule has 1 heterocycles. The monoisotopic (exact) mass is 389 g/mol. The topological polar surface area (TPSA) is 148 Å². The van der Waals surface area contributed by atoms with E-state index in [0.29, 0.717) is 5.56 Å². The standard InChI is InChI=1S/C15H11N5O6S/c1-18(16-9-10-2-4-11(5-3-10)19(21)22)15-13-7-6-12(20(23)24)8-14(13)27(25,26)17-15/h2-9H,1H3. The zero-order valence-corrected chi connectivity index (χ0v) is 14.5. The number of nitrogens with zero attached hydrogens (tertiary/aromatic N) is 5. The number of hydrazone groups is 1. The van der Waals surface area contributed by atoms with E-state index < -0.39 is 19.9 Å². The molecule has 0 aromatic heterocycles. The molecule has 27 heavy (non-hydrogen) atoms. The lowest BCUT2D eigenvalue weighted by atomic mass is 10.2. The number of hydrogen-bond acceptors (Lipinski definition) is 8. The predicted octanol–water partition coefficient (Wildman–Crippen LogP) is 1.92. The zero-order valence-electron chi connectivity index (χ0n) is 13.7. The average Bonchev–Trinajstić information content (AvgIpc) is 2.91. The van der Waals surface area contributed by atoms with Gasteiger partial charge in [0.25, 0.3) is 21.4 Å². The minimum absolute atomic E-state index is 0.0121. The van der Waals surface area contributed by atoms with Gasteiger partial charge in [0.05, 0.1) is 16.1 Å². The first-order valence-electron chi connectivity index (χ1n) is 7.35. The maximum atomic E-state index is 12.2. The molecular weight excluding hydrogens is 378 g/mol. The van der Waals surface area contributed by atoms with Crippen molar-refractivity contribution in [2.45, 2.75) is 4.90 Å². The minimum atomic E-state index is -4.06. The summed E-state index contributed by atoms with van der Waals surface area (Å²) in [4.78, 5) is 20.0. The fourth-order valence-electron chi connectivity index (χ4n) is 2.36. The normalized spacial score (nSPS) is 14.6. The number of fused-ring (bicyclic) bond motifs is 1. The summed E-state index contributed by atoms with van der Waals surface area (Å²) < 4.78 is 28.0. The molecule has 1 aliphatic heterocycles. The van der Waals surface area contributed by atoms with Crippen LogP contribution in [-0.2, 0) is 10.0 Å². The third-order valence-corrected chi connectivity index (χ3v) is 5.00. The van der Waals surface area contributed by atoms with Crippen LogP contribution in [0.25, 0.3) is 0 Å². The van der Waals surface area contributed by atoms with Crippen LogP contribution in [0, 0.1) is 20.2 Å². The molecule has 0 saturated carbocycles. The molecule has 0 atom stereocenters. The quantitative estimate of drug-likeness (QED) is 0.440. The van der Waals surface area contributed by atoms with Crippen molar-refractivity contribution < 1.29 is 18.3 Å². The van der Waals surface area contributed by atoms with Gasteiger partial charge in [-0.25, -0.2) is 5.01 Å². The Morgan fingerprint density at radius 1 is 1.04 bits per heavy atom. The van der Waals surface area contributed by atoms with E-state index in [-0.39, 0.29) is 27.7 Å². The van der Waals surface area contributed by atoms with Gasteiger partial charge >= 0.3 is 0 Å². The Balaban J connectivity index is 1.89. The van der Waals surface area contributed by atoms with Crippen molar-refractivity contribution in [1.29, 1.82) is 0 Å². The second-order valence-electron chi connectivity index (χ2n) is 5.44. The van der Waals surface area contributed by atoms with Crippen LogP contribution in [-0.4, -0.2) is 42.4 Å². The molecule has 2 aromatic rings. The first kappa shape index (κ1) is 18.1. The second-order valence-corrected chi connectivity index (χ2v) is 7.02. The summed E-state index contributed by atoms with van der Waals surface area (Å²) in [6.45, 7) is 0. The van der Waals surface area contributed by atoms with Crippen LogP contribution in [0.2, 0.25) is 0 Å². The molecule has 0 amide bonds. The lowest BCUT2D eigenvalue weighted by Crippen LogP contribution is -2.21. The highest BCUT2D eigenvalue weighted by atomic mass is 32.2. The lowest BCUT2D eigenvalue weighted by molar-refractivity contribution is -0.385. The van der Waals surface area contributed by atoms with E-state index in [0.717, 1.165) is 6.07 Å². The molecule has 0 saturated heterocycles. The molecule has 0 N–H and O–H groups in total. The smallest absolute Gasteiger partial charge is 0.258 e. The number of amidine groups is 1. The van der Waals surface area contributed by atoms with Crippen molar-refractivity contribution in [2.75, 3.05) is 7.05 Å². The maximum absolute atomic E-state index is 12.2. The van der Waals surface area contributed by atoms with Crippen molar-refractivity contribution >= 4 is 33.4 Å². The van der Waals surface area contributed by atoms with Gasteiger partial charge in [-0.15, -0.1) is 4.40 Å². The zero-order chi connectivity index (χ0) is 19.8. The van der Waals surface area contributed by atoms with Gasteiger partial charge in [-0.2, -0.15) is 13.5 Å². The van der Waals surface area contributed by atoms with Gasteiger partial charge in [0.2, 0.25) is 0 Å². The molecule has 138 valence electrons. The fraction of sp³-hybridized carbons (Fsp3) is 0.0667. The Kier molecular flexibility index (Phi) is 4.41. The van der Waals surface area contributed by atoms with E-state index >= 15 is 0 Å². The molecule has 0 unspecified atom stereocenters. The van der Waals surface area contributed by atoms with Gasteiger partial charge in [0.15, 0.2) is 5.84 Å². The largest absolute Gasteiger partial charge is 0.285 e. The number of nitro groups is 2. The van der Waals surface area contributed by atoms with Crippen molar-refractivity contribution in [3.8, 4) is 0 Å². The van der Waals surface area contributed by atoms with Crippen molar-refractivity contribution in [1.82, 2.24) is 5.01 Å². The summed E-state index contributed by atoms with van der Waals surface area (Å²) in [6, 6.07) is 9.04. The first-order chi connectivity index (χ1) is 12.7. The van der Waals surface area contributed by atoms with Gasteiger partial charge in [0, 0.05) is 36.9 Å². The number of benzene rings is 2. The Hall–Kier alpha value is -3.67. The molecule has 0 spiro atoms. The Labute approximate surface area is 152 Å². The molecule has 1 aliphatic rings. The lowest BCUT2D eigenvalue weighted by Gasteiger charge is -2.12. The van der Waals surface area contributed by atoms with Crippen LogP contribution in [0.4, 0.5) is 11.4 Å². The van der Waals surface area contributed by atoms with Crippen LogP contribution in [0.5, 0.6) is 0 Å². The van der Waals surface area contributed by atoms with Crippen molar-refractivity contribution in [3.05, 3.63) is 73.8 Å². The summed E-state index contributed by atoms with van der Waals surface area (Å²) in [7, 11) is -2.60. The molecule has 0 fully saturated rings. The minimum Gasteiger partial charge on any atom is -0.258 e. The van der Waals surface area contributed by atoms with E-state index in [1.54, 1.807) is 0 Å². The third-order valence-electron chi connectivity index (χ3n) is 3.69. The van der Waals surface area contributed by atoms with Crippen LogP contribution >= 0.6 is 0 Å². The van der Waals surface area contributed by atoms with E-state index in [1.165, 1.54) is 54.7 Å². The molecule has 11 nitrogen and oxygen atoms in total. The molecule has 0 aliphatic carbocycles. The van der Waals surface area contributed by atoms with Gasteiger partial charge in [-0.3, -0.25) is 20.2 Å². The van der Waals surface area contributed by atoms with Crippen LogP contribution in [0.1, 0.15) is 11.1 Å². The Bertz CT molecular complexity index is 1110. The SMILES string of the molecule is CN(N=Cc1ccc([N+](=O)[O-])cc1)C1=NS(=O)(=O)c2cc([N+](=O)[O-])ccc21. The molecule has 3 rings (SSSR count). The fourth-order valence-corrected chi connectivity index (χ4v) is 3.61. The van der Waals surface area contributed by atoms with Crippen molar-refractivity contribution in [2.24, 2.45) is 9.50 Å². The Morgan fingerprint density at radius 3 is 2.22 bits per heavy atom. The highest BCUT2D eigenvalue weighted by Gasteiger charge is 2.32. The summed E-state index contributed by atoms with van der Waals surface area (Å²) in [5.41, 5.74) is 0.329. The number of non-ortho nitro benzene ring substituents is 2. The summed E-state index contributed by atoms with van der Waals surface area (Å²) in [5.74, 6) is 0.0121. The third kappa shape index (κ3) is 3.50. The summed E-state index contributed by atoms with van der Waals surface area (Å²) >= 11 is 0. The molecule has 0 radical (unpaired) electrons. The van der Waals surface area contributed by atoms with E-state index in [4.69, 9.17) is 0 Å². The predicted molar refractivity (Wildman–Crippen MR) is 95.3 cm³/mol. The molecule has 2 aromatic carbocycles. The van der Waals surface area contributed by atoms with Crippen LogP contribution < -0.4 is 0 Å². The van der Waals surface area contributed by atoms with Gasteiger partial charge in [0.1, 0.15) is 4.90 Å². The number of hydrogen-bond donors (Lipinski definition) is 0. The summed E-state index contributed by atoms with van der Waals surface area (Å²) in [5, 5.41) is 26.8. The van der Waals surface area contributed by atoms with Crippen LogP contribution in [0.15, 0.2) is 56.9 Å². The number of rotatable bonds is 4. The Morgan fingerprint density at radius 2 is 1.63 bits per heavy atom. The molecule has 12 heteroatoms. The molecular formula is C15H11N5O6S. The highest BCUT2D eigenvalue weighted by molar-refractivity contribution is 7.90. The van der Waals surface area contributed by atoms with Crippen LogP contribution in [0.3, 0.4) is 0 Å². The van der Waals surface area contributed by atoms with Crippen molar-refractivity contribution in [3.63, 3.8) is 0 Å². The summed E-state index contributed by atoms with van der Waals surface area (Å²) in [6.07, 6.45) is 1.38. The van der Waals surface area contributed by atoms with E-state index in [1.807, 2.05) is 0 Å². The average molecular weight is 389 g/mol. The second kappa shape index (κ2) is 6.57. The van der Waals surface area contributed by atoms with E-state index in [2.05, 4.69) is 9.50 Å². The number of sulfonamides is 1. The van der Waals surface area contributed by atoms with Gasteiger partial charge in [-0.1, -0.05) is 0 Å².